The molecule has 0 saturated heterocycles. The lowest BCUT2D eigenvalue weighted by Gasteiger charge is -2.28. The largest absolute Gasteiger partial charge is 0.313 e. The summed E-state index contributed by atoms with van der Waals surface area (Å²) in [6, 6.07) is 5.25. The van der Waals surface area contributed by atoms with Gasteiger partial charge >= 0.3 is 0 Å². The summed E-state index contributed by atoms with van der Waals surface area (Å²) in [7, 11) is 2.12. The van der Waals surface area contributed by atoms with E-state index < -0.39 is 0 Å². The van der Waals surface area contributed by atoms with Crippen LogP contribution < -0.4 is 5.32 Å². The first-order valence-electron chi connectivity index (χ1n) is 7.83. The summed E-state index contributed by atoms with van der Waals surface area (Å²) in [5, 5.41) is 3.58. The van der Waals surface area contributed by atoms with Gasteiger partial charge in [0.15, 0.2) is 0 Å². The molecule has 1 N–H and O–H groups in total. The molecular weight excluding hydrogens is 230 g/mol. The predicted octanol–water partition coefficient (Wildman–Crippen LogP) is 4.43. The van der Waals surface area contributed by atoms with Gasteiger partial charge in [-0.2, -0.15) is 0 Å². The molecule has 1 aromatic carbocycles. The van der Waals surface area contributed by atoms with Crippen LogP contribution in [0.2, 0.25) is 0 Å². The number of benzene rings is 1. The van der Waals surface area contributed by atoms with Crippen molar-refractivity contribution in [2.75, 3.05) is 7.05 Å². The van der Waals surface area contributed by atoms with E-state index in [1.165, 1.54) is 19.3 Å². The SMILES string of the molecule is CCc1ccc(CC)c2c1CCC(C)(C)CC2NC. The van der Waals surface area contributed by atoms with Crippen LogP contribution >= 0.6 is 0 Å². The second kappa shape index (κ2) is 5.66. The zero-order valence-electron chi connectivity index (χ0n) is 13.3. The minimum atomic E-state index is 0.433. The highest BCUT2D eigenvalue weighted by atomic mass is 14.9. The first-order valence-corrected chi connectivity index (χ1v) is 7.83. The molecule has 0 spiro atoms. The van der Waals surface area contributed by atoms with Crippen LogP contribution in [0.4, 0.5) is 0 Å². The van der Waals surface area contributed by atoms with E-state index in [1.54, 1.807) is 22.3 Å². The number of aryl methyl sites for hydroxylation is 2. The third kappa shape index (κ3) is 2.86. The van der Waals surface area contributed by atoms with Crippen LogP contribution in [0.1, 0.15) is 68.8 Å². The molecule has 0 aliphatic heterocycles. The first-order chi connectivity index (χ1) is 9.02. The number of nitrogens with one attached hydrogen (secondary N) is 1. The summed E-state index contributed by atoms with van der Waals surface area (Å²) in [5.74, 6) is 0. The summed E-state index contributed by atoms with van der Waals surface area (Å²) in [6.45, 7) is 9.40. The van der Waals surface area contributed by atoms with E-state index in [0.29, 0.717) is 11.5 Å². The Balaban J connectivity index is 2.57. The molecule has 0 heterocycles. The fourth-order valence-corrected chi connectivity index (χ4v) is 3.59. The topological polar surface area (TPSA) is 12.0 Å². The molecule has 0 radical (unpaired) electrons. The molecule has 1 atom stereocenters. The molecule has 1 aromatic rings. The third-order valence-electron chi connectivity index (χ3n) is 4.81. The van der Waals surface area contributed by atoms with Gasteiger partial charge in [-0.25, -0.2) is 0 Å². The van der Waals surface area contributed by atoms with E-state index in [0.717, 1.165) is 12.8 Å². The van der Waals surface area contributed by atoms with E-state index in [1.807, 2.05) is 0 Å². The van der Waals surface area contributed by atoms with Crippen molar-refractivity contribution >= 4 is 0 Å². The fraction of sp³-hybridized carbons (Fsp3) is 0.667. The highest BCUT2D eigenvalue weighted by molar-refractivity contribution is 5.44. The average molecular weight is 259 g/mol. The second-order valence-electron chi connectivity index (χ2n) is 6.69. The maximum absolute atomic E-state index is 3.58. The lowest BCUT2D eigenvalue weighted by Crippen LogP contribution is -2.23. The van der Waals surface area contributed by atoms with Gasteiger partial charge in [0.05, 0.1) is 0 Å². The Morgan fingerprint density at radius 1 is 1.16 bits per heavy atom. The van der Waals surface area contributed by atoms with Crippen LogP contribution in [0.5, 0.6) is 0 Å². The summed E-state index contributed by atoms with van der Waals surface area (Å²) in [6.07, 6.45) is 6.10. The maximum Gasteiger partial charge on any atom is 0.0328 e. The number of hydrogen-bond donors (Lipinski definition) is 1. The Morgan fingerprint density at radius 3 is 2.37 bits per heavy atom. The van der Waals surface area contributed by atoms with Crippen molar-refractivity contribution in [3.05, 3.63) is 34.4 Å². The van der Waals surface area contributed by atoms with Crippen LogP contribution in [0.15, 0.2) is 12.1 Å². The van der Waals surface area contributed by atoms with E-state index in [2.05, 4.69) is 52.2 Å². The van der Waals surface area contributed by atoms with Crippen molar-refractivity contribution in [2.45, 2.75) is 65.8 Å². The maximum atomic E-state index is 3.58. The van der Waals surface area contributed by atoms with Gasteiger partial charge in [0, 0.05) is 6.04 Å². The van der Waals surface area contributed by atoms with Crippen molar-refractivity contribution in [3.63, 3.8) is 0 Å². The summed E-state index contributed by atoms with van der Waals surface area (Å²) < 4.78 is 0. The summed E-state index contributed by atoms with van der Waals surface area (Å²) >= 11 is 0. The van der Waals surface area contributed by atoms with Gasteiger partial charge in [0.25, 0.3) is 0 Å². The lowest BCUT2D eigenvalue weighted by atomic mass is 9.82. The summed E-state index contributed by atoms with van der Waals surface area (Å²) in [5.41, 5.74) is 6.80. The number of hydrogen-bond acceptors (Lipinski definition) is 1. The zero-order chi connectivity index (χ0) is 14.0. The Morgan fingerprint density at radius 2 is 1.79 bits per heavy atom. The molecule has 0 fully saturated rings. The molecule has 2 rings (SSSR count). The van der Waals surface area contributed by atoms with Gasteiger partial charge < -0.3 is 5.32 Å². The van der Waals surface area contributed by atoms with Crippen molar-refractivity contribution in [1.82, 2.24) is 5.32 Å². The monoisotopic (exact) mass is 259 g/mol. The standard InChI is InChI=1S/C18H29N/c1-6-13-8-9-14(7-2)17-15(13)10-11-18(3,4)12-16(17)19-5/h8-9,16,19H,6-7,10-12H2,1-5H3. The van der Waals surface area contributed by atoms with Crippen molar-refractivity contribution in [1.29, 1.82) is 0 Å². The molecule has 106 valence electrons. The van der Waals surface area contributed by atoms with Crippen LogP contribution in [-0.4, -0.2) is 7.05 Å². The minimum absolute atomic E-state index is 0.433. The van der Waals surface area contributed by atoms with Gasteiger partial charge in [-0.15, -0.1) is 0 Å². The molecular formula is C18H29N. The molecule has 0 aromatic heterocycles. The Kier molecular flexibility index (Phi) is 4.35. The minimum Gasteiger partial charge on any atom is -0.313 e. The molecule has 19 heavy (non-hydrogen) atoms. The molecule has 0 bridgehead atoms. The van der Waals surface area contributed by atoms with Crippen LogP contribution in [0.3, 0.4) is 0 Å². The molecule has 1 heteroatoms. The van der Waals surface area contributed by atoms with Gasteiger partial charge in [0.1, 0.15) is 0 Å². The quantitative estimate of drug-likeness (QED) is 0.792. The molecule has 1 nitrogen and oxygen atoms in total. The Labute approximate surface area is 118 Å². The van der Waals surface area contributed by atoms with Crippen LogP contribution in [0, 0.1) is 5.41 Å². The van der Waals surface area contributed by atoms with Gasteiger partial charge in [0.2, 0.25) is 0 Å². The average Bonchev–Trinajstić information content (AvgIpc) is 2.54. The predicted molar refractivity (Wildman–Crippen MR) is 83.7 cm³/mol. The van der Waals surface area contributed by atoms with Gasteiger partial charge in [-0.1, -0.05) is 39.8 Å². The van der Waals surface area contributed by atoms with E-state index >= 15 is 0 Å². The molecule has 1 aliphatic carbocycles. The van der Waals surface area contributed by atoms with Gasteiger partial charge in [-0.3, -0.25) is 0 Å². The summed E-state index contributed by atoms with van der Waals surface area (Å²) in [4.78, 5) is 0. The first kappa shape index (κ1) is 14.6. The number of fused-ring (bicyclic) bond motifs is 1. The smallest absolute Gasteiger partial charge is 0.0328 e. The molecule has 0 amide bonds. The lowest BCUT2D eigenvalue weighted by molar-refractivity contribution is 0.279. The Hall–Kier alpha value is -0.820. The van der Waals surface area contributed by atoms with Crippen LogP contribution in [-0.2, 0) is 19.3 Å². The molecule has 1 aliphatic rings. The number of rotatable bonds is 3. The normalized spacial score (nSPS) is 21.8. The van der Waals surface area contributed by atoms with E-state index in [4.69, 9.17) is 0 Å². The van der Waals surface area contributed by atoms with Crippen LogP contribution in [0.25, 0.3) is 0 Å². The molecule has 1 unspecified atom stereocenters. The van der Waals surface area contributed by atoms with Crippen molar-refractivity contribution in [3.8, 4) is 0 Å². The fourth-order valence-electron chi connectivity index (χ4n) is 3.59. The van der Waals surface area contributed by atoms with Gasteiger partial charge in [-0.05, 0) is 66.8 Å². The highest BCUT2D eigenvalue weighted by Gasteiger charge is 2.30. The Bertz CT molecular complexity index is 445. The third-order valence-corrected chi connectivity index (χ3v) is 4.81. The second-order valence-corrected chi connectivity index (χ2v) is 6.69. The molecule has 0 saturated carbocycles. The van der Waals surface area contributed by atoms with E-state index in [9.17, 15) is 0 Å². The van der Waals surface area contributed by atoms with E-state index in [-0.39, 0.29) is 0 Å². The van der Waals surface area contributed by atoms with Crippen molar-refractivity contribution in [2.24, 2.45) is 5.41 Å². The van der Waals surface area contributed by atoms with Crippen molar-refractivity contribution < 1.29 is 0 Å². The highest BCUT2D eigenvalue weighted by Crippen LogP contribution is 2.41. The zero-order valence-corrected chi connectivity index (χ0v) is 13.3.